The first-order chi connectivity index (χ1) is 10.9. The van der Waals surface area contributed by atoms with Crippen molar-refractivity contribution < 1.29 is 5.21 Å². The van der Waals surface area contributed by atoms with Crippen molar-refractivity contribution >= 4 is 5.71 Å². The van der Waals surface area contributed by atoms with Gasteiger partial charge >= 0.3 is 0 Å². The zero-order chi connectivity index (χ0) is 15.2. The Kier molecular flexibility index (Phi) is 5.52. The van der Waals surface area contributed by atoms with E-state index in [0.717, 1.165) is 18.1 Å². The van der Waals surface area contributed by atoms with Crippen LogP contribution in [-0.2, 0) is 0 Å². The van der Waals surface area contributed by atoms with Gasteiger partial charge in [-0.15, -0.1) is 0 Å². The fraction of sp³-hybridized carbons (Fsp3) is 0.778. The van der Waals surface area contributed by atoms with E-state index in [-0.39, 0.29) is 6.04 Å². The minimum Gasteiger partial charge on any atom is -0.411 e. The normalized spacial score (nSPS) is 23.5. The lowest BCUT2D eigenvalue weighted by atomic mass is 9.78. The Morgan fingerprint density at radius 1 is 1.09 bits per heavy atom. The second kappa shape index (κ2) is 7.80. The van der Waals surface area contributed by atoms with Gasteiger partial charge in [0.1, 0.15) is 0 Å². The van der Waals surface area contributed by atoms with Gasteiger partial charge in [0.05, 0.1) is 18.1 Å². The van der Waals surface area contributed by atoms with Crippen molar-refractivity contribution in [1.82, 2.24) is 9.55 Å². The smallest absolute Gasteiger partial charge is 0.0952 e. The SMILES string of the molecule is O/N=C(\C1CCCCC1)C(CC1CCCCC1)n1ccnc1. The molecule has 1 aromatic rings. The molecule has 0 aromatic carbocycles. The van der Waals surface area contributed by atoms with E-state index in [0.29, 0.717) is 5.92 Å². The van der Waals surface area contributed by atoms with Gasteiger partial charge in [-0.3, -0.25) is 0 Å². The third-order valence-corrected chi connectivity index (χ3v) is 5.65. The number of oxime groups is 1. The standard InChI is InChI=1S/C18H29N3O/c22-20-18(16-9-5-2-6-10-16)17(21-12-11-19-14-21)13-15-7-3-1-4-8-15/h11-12,14-17,22H,1-10,13H2/b20-18+. The van der Waals surface area contributed by atoms with Gasteiger partial charge in [0.2, 0.25) is 0 Å². The molecule has 0 spiro atoms. The van der Waals surface area contributed by atoms with E-state index >= 15 is 0 Å². The van der Waals surface area contributed by atoms with E-state index in [1.165, 1.54) is 64.2 Å². The maximum absolute atomic E-state index is 9.73. The summed E-state index contributed by atoms with van der Waals surface area (Å²) in [6.45, 7) is 0. The van der Waals surface area contributed by atoms with Crippen molar-refractivity contribution in [2.24, 2.45) is 17.0 Å². The molecule has 0 aliphatic heterocycles. The zero-order valence-electron chi connectivity index (χ0n) is 13.5. The molecule has 2 fully saturated rings. The average molecular weight is 303 g/mol. The lowest BCUT2D eigenvalue weighted by Crippen LogP contribution is -2.30. The molecule has 4 heteroatoms. The molecule has 1 unspecified atom stereocenters. The Hall–Kier alpha value is -1.32. The van der Waals surface area contributed by atoms with Crippen molar-refractivity contribution in [2.45, 2.75) is 76.7 Å². The van der Waals surface area contributed by atoms with Crippen LogP contribution >= 0.6 is 0 Å². The van der Waals surface area contributed by atoms with Crippen LogP contribution in [0.2, 0.25) is 0 Å². The summed E-state index contributed by atoms with van der Waals surface area (Å²) in [6, 6.07) is 0.193. The molecule has 0 saturated heterocycles. The van der Waals surface area contributed by atoms with Gasteiger partial charge < -0.3 is 9.77 Å². The second-order valence-corrected chi connectivity index (χ2v) is 7.13. The van der Waals surface area contributed by atoms with Gasteiger partial charge in [0, 0.05) is 18.3 Å². The molecule has 1 heterocycles. The van der Waals surface area contributed by atoms with Crippen LogP contribution in [0.5, 0.6) is 0 Å². The molecule has 2 saturated carbocycles. The number of imidazole rings is 1. The van der Waals surface area contributed by atoms with Crippen molar-refractivity contribution in [3.63, 3.8) is 0 Å². The van der Waals surface area contributed by atoms with Crippen molar-refractivity contribution in [3.8, 4) is 0 Å². The lowest BCUT2D eigenvalue weighted by molar-refractivity contribution is 0.283. The van der Waals surface area contributed by atoms with E-state index in [4.69, 9.17) is 0 Å². The minimum atomic E-state index is 0.193. The number of aromatic nitrogens is 2. The molecule has 1 atom stereocenters. The molecule has 1 aromatic heterocycles. The number of nitrogens with zero attached hydrogens (tertiary/aromatic N) is 3. The third kappa shape index (κ3) is 3.71. The van der Waals surface area contributed by atoms with Gasteiger partial charge in [-0.25, -0.2) is 4.98 Å². The summed E-state index contributed by atoms with van der Waals surface area (Å²) in [5.74, 6) is 1.22. The molecule has 4 nitrogen and oxygen atoms in total. The fourth-order valence-corrected chi connectivity index (χ4v) is 4.41. The average Bonchev–Trinajstić information content (AvgIpc) is 3.11. The van der Waals surface area contributed by atoms with Crippen molar-refractivity contribution in [3.05, 3.63) is 18.7 Å². The fourth-order valence-electron chi connectivity index (χ4n) is 4.41. The number of hydrogen-bond donors (Lipinski definition) is 1. The summed E-state index contributed by atoms with van der Waals surface area (Å²) in [5, 5.41) is 13.5. The van der Waals surface area contributed by atoms with Crippen molar-refractivity contribution in [2.75, 3.05) is 0 Å². The summed E-state index contributed by atoms with van der Waals surface area (Å²) in [6.07, 6.45) is 19.8. The summed E-state index contributed by atoms with van der Waals surface area (Å²) < 4.78 is 2.16. The monoisotopic (exact) mass is 303 g/mol. The maximum atomic E-state index is 9.73. The highest BCUT2D eigenvalue weighted by Gasteiger charge is 2.30. The summed E-state index contributed by atoms with van der Waals surface area (Å²) >= 11 is 0. The molecule has 122 valence electrons. The Labute approximate surface area is 133 Å². The van der Waals surface area contributed by atoms with Crippen LogP contribution < -0.4 is 0 Å². The second-order valence-electron chi connectivity index (χ2n) is 7.13. The number of hydrogen-bond acceptors (Lipinski definition) is 3. The summed E-state index contributed by atoms with van der Waals surface area (Å²) in [7, 11) is 0. The van der Waals surface area contributed by atoms with E-state index in [9.17, 15) is 5.21 Å². The minimum absolute atomic E-state index is 0.193. The van der Waals surface area contributed by atoms with E-state index < -0.39 is 0 Å². The van der Waals surface area contributed by atoms with Gasteiger partial charge in [0.15, 0.2) is 0 Å². The first kappa shape index (κ1) is 15.6. The molecular formula is C18H29N3O. The molecule has 0 radical (unpaired) electrons. The predicted molar refractivity (Wildman–Crippen MR) is 88.3 cm³/mol. The van der Waals surface area contributed by atoms with Crippen LogP contribution in [-0.4, -0.2) is 20.5 Å². The molecular weight excluding hydrogens is 274 g/mol. The van der Waals surface area contributed by atoms with Crippen LogP contribution in [0.15, 0.2) is 23.9 Å². The molecule has 0 amide bonds. The Morgan fingerprint density at radius 2 is 1.77 bits per heavy atom. The highest BCUT2D eigenvalue weighted by Crippen LogP contribution is 2.35. The summed E-state index contributed by atoms with van der Waals surface area (Å²) in [5.41, 5.74) is 1.00. The first-order valence-electron chi connectivity index (χ1n) is 9.07. The molecule has 22 heavy (non-hydrogen) atoms. The largest absolute Gasteiger partial charge is 0.411 e. The molecule has 2 aliphatic carbocycles. The van der Waals surface area contributed by atoms with E-state index in [1.54, 1.807) is 0 Å². The van der Waals surface area contributed by atoms with Gasteiger partial charge in [-0.05, 0) is 25.2 Å². The third-order valence-electron chi connectivity index (χ3n) is 5.65. The predicted octanol–water partition coefficient (Wildman–Crippen LogP) is 4.81. The Bertz CT molecular complexity index is 457. The van der Waals surface area contributed by atoms with E-state index in [1.807, 2.05) is 18.7 Å². The van der Waals surface area contributed by atoms with Gasteiger partial charge in [-0.1, -0.05) is 56.5 Å². The zero-order valence-corrected chi connectivity index (χ0v) is 13.5. The van der Waals surface area contributed by atoms with Crippen LogP contribution in [0.25, 0.3) is 0 Å². The summed E-state index contributed by atoms with van der Waals surface area (Å²) in [4.78, 5) is 4.22. The Morgan fingerprint density at radius 3 is 2.36 bits per heavy atom. The Balaban J connectivity index is 1.77. The molecule has 1 N–H and O–H groups in total. The van der Waals surface area contributed by atoms with Crippen molar-refractivity contribution in [1.29, 1.82) is 0 Å². The molecule has 0 bridgehead atoms. The lowest BCUT2D eigenvalue weighted by Gasteiger charge is -2.32. The quantitative estimate of drug-likeness (QED) is 0.482. The van der Waals surface area contributed by atoms with Crippen LogP contribution in [0.1, 0.15) is 76.7 Å². The van der Waals surface area contributed by atoms with Crippen LogP contribution in [0.3, 0.4) is 0 Å². The molecule has 3 rings (SSSR count). The van der Waals surface area contributed by atoms with Gasteiger partial charge in [-0.2, -0.15) is 0 Å². The van der Waals surface area contributed by atoms with Crippen LogP contribution in [0, 0.1) is 11.8 Å². The highest BCUT2D eigenvalue weighted by atomic mass is 16.4. The highest BCUT2D eigenvalue weighted by molar-refractivity contribution is 5.90. The van der Waals surface area contributed by atoms with E-state index in [2.05, 4.69) is 14.7 Å². The number of rotatable bonds is 5. The van der Waals surface area contributed by atoms with Gasteiger partial charge in [0.25, 0.3) is 0 Å². The maximum Gasteiger partial charge on any atom is 0.0952 e. The van der Waals surface area contributed by atoms with Crippen LogP contribution in [0.4, 0.5) is 0 Å². The first-order valence-corrected chi connectivity index (χ1v) is 9.07. The molecule has 2 aliphatic rings. The topological polar surface area (TPSA) is 50.4 Å².